The maximum Gasteiger partial charge on any atom is 0.407 e. The van der Waals surface area contributed by atoms with Crippen molar-refractivity contribution in [1.82, 2.24) is 20.0 Å². The highest BCUT2D eigenvalue weighted by Crippen LogP contribution is 2.44. The largest absolute Gasteiger partial charge is 0.480 e. The number of fused-ring (bicyclic) bond motifs is 3. The first-order valence-electron chi connectivity index (χ1n) is 10.9. The summed E-state index contributed by atoms with van der Waals surface area (Å²) in [6, 6.07) is 16.1. The maximum atomic E-state index is 12.9. The molecular formula is C26H24N4O5. The van der Waals surface area contributed by atoms with Gasteiger partial charge in [-0.25, -0.2) is 4.79 Å². The van der Waals surface area contributed by atoms with E-state index in [9.17, 15) is 14.4 Å². The molecule has 2 N–H and O–H groups in total. The molecule has 178 valence electrons. The highest BCUT2D eigenvalue weighted by molar-refractivity contribution is 5.96. The number of amides is 2. The van der Waals surface area contributed by atoms with E-state index < -0.39 is 24.5 Å². The summed E-state index contributed by atoms with van der Waals surface area (Å²) < 4.78 is 6.85. The molecule has 0 saturated heterocycles. The van der Waals surface area contributed by atoms with E-state index >= 15 is 0 Å². The van der Waals surface area contributed by atoms with Gasteiger partial charge in [0.2, 0.25) is 0 Å². The van der Waals surface area contributed by atoms with Gasteiger partial charge < -0.3 is 20.1 Å². The Morgan fingerprint density at radius 1 is 1.14 bits per heavy atom. The van der Waals surface area contributed by atoms with Gasteiger partial charge in [0, 0.05) is 18.5 Å². The monoisotopic (exact) mass is 472 g/mol. The highest BCUT2D eigenvalue weighted by atomic mass is 16.5. The lowest BCUT2D eigenvalue weighted by Gasteiger charge is -2.19. The molecule has 9 heteroatoms. The van der Waals surface area contributed by atoms with Crippen LogP contribution in [-0.2, 0) is 23.1 Å². The van der Waals surface area contributed by atoms with Crippen molar-refractivity contribution in [2.75, 3.05) is 19.7 Å². The van der Waals surface area contributed by atoms with Crippen LogP contribution in [0.25, 0.3) is 11.1 Å². The molecule has 1 aliphatic rings. The number of nitrogens with one attached hydrogen (secondary N) is 1. The van der Waals surface area contributed by atoms with Crippen LogP contribution >= 0.6 is 0 Å². The fourth-order valence-electron chi connectivity index (χ4n) is 4.33. The molecule has 0 aliphatic heterocycles. The van der Waals surface area contributed by atoms with Gasteiger partial charge in [-0.15, -0.1) is 6.42 Å². The SMILES string of the molecule is C#CCN(CC(=O)O)C(=O)c1c(CNC(=O)OCC2c3ccccc3-c3ccccc32)cnn1C. The number of alkyl carbamates (subject to hydrolysis) is 1. The number of benzene rings is 2. The van der Waals surface area contributed by atoms with Crippen molar-refractivity contribution in [2.24, 2.45) is 7.05 Å². The predicted molar refractivity (Wildman–Crippen MR) is 127 cm³/mol. The number of ether oxygens (including phenoxy) is 1. The molecule has 9 nitrogen and oxygen atoms in total. The van der Waals surface area contributed by atoms with Crippen molar-refractivity contribution >= 4 is 18.0 Å². The molecule has 2 aromatic carbocycles. The summed E-state index contributed by atoms with van der Waals surface area (Å²) in [7, 11) is 1.55. The van der Waals surface area contributed by atoms with Crippen molar-refractivity contribution in [2.45, 2.75) is 12.5 Å². The molecule has 0 unspecified atom stereocenters. The summed E-state index contributed by atoms with van der Waals surface area (Å²) in [5.74, 6) is 0.439. The van der Waals surface area contributed by atoms with E-state index in [1.807, 2.05) is 36.4 Å². The second-order valence-corrected chi connectivity index (χ2v) is 8.08. The minimum atomic E-state index is -1.19. The third kappa shape index (κ3) is 4.87. The molecule has 3 aromatic rings. The van der Waals surface area contributed by atoms with Gasteiger partial charge in [-0.05, 0) is 22.3 Å². The van der Waals surface area contributed by atoms with Crippen molar-refractivity contribution < 1.29 is 24.2 Å². The van der Waals surface area contributed by atoms with Crippen LogP contribution in [0.3, 0.4) is 0 Å². The normalized spacial score (nSPS) is 11.8. The summed E-state index contributed by atoms with van der Waals surface area (Å²) in [4.78, 5) is 37.6. The second kappa shape index (κ2) is 10.1. The average Bonchev–Trinajstić information content (AvgIpc) is 3.38. The molecule has 0 atom stereocenters. The molecule has 35 heavy (non-hydrogen) atoms. The Balaban J connectivity index is 1.41. The van der Waals surface area contributed by atoms with Gasteiger partial charge in [0.15, 0.2) is 0 Å². The van der Waals surface area contributed by atoms with Gasteiger partial charge in [0.05, 0.1) is 19.3 Å². The molecule has 0 fully saturated rings. The van der Waals surface area contributed by atoms with E-state index in [1.54, 1.807) is 7.05 Å². The zero-order chi connectivity index (χ0) is 24.9. The summed E-state index contributed by atoms with van der Waals surface area (Å²) >= 11 is 0. The molecule has 4 rings (SSSR count). The van der Waals surface area contributed by atoms with Crippen molar-refractivity contribution in [3.05, 3.63) is 77.1 Å². The summed E-state index contributed by atoms with van der Waals surface area (Å²) in [5, 5.41) is 15.8. The number of rotatable bonds is 8. The number of carbonyl (C=O) groups excluding carboxylic acids is 2. The number of aromatic nitrogens is 2. The van der Waals surface area contributed by atoms with Gasteiger partial charge in [-0.1, -0.05) is 54.5 Å². The molecule has 0 spiro atoms. The molecular weight excluding hydrogens is 448 g/mol. The minimum Gasteiger partial charge on any atom is -0.480 e. The lowest BCUT2D eigenvalue weighted by atomic mass is 9.98. The number of aliphatic carboxylic acids is 1. The van der Waals surface area contributed by atoms with Gasteiger partial charge in [-0.2, -0.15) is 5.10 Å². The Labute approximate surface area is 202 Å². The first-order valence-corrected chi connectivity index (χ1v) is 10.9. The number of hydrogen-bond acceptors (Lipinski definition) is 5. The Morgan fingerprint density at radius 3 is 2.37 bits per heavy atom. The van der Waals surface area contributed by atoms with Gasteiger partial charge in [0.25, 0.3) is 5.91 Å². The van der Waals surface area contributed by atoms with E-state index in [0.717, 1.165) is 27.2 Å². The van der Waals surface area contributed by atoms with E-state index in [1.165, 1.54) is 10.9 Å². The lowest BCUT2D eigenvalue weighted by Crippen LogP contribution is -2.38. The molecule has 0 radical (unpaired) electrons. The number of carboxylic acid groups (broad SMARTS) is 1. The van der Waals surface area contributed by atoms with Crippen LogP contribution in [-0.4, -0.2) is 57.5 Å². The standard InChI is InChI=1S/C26H24N4O5/c1-3-12-30(15-23(31)32)25(33)24-17(14-28-29(24)2)13-27-26(34)35-16-22-20-10-6-4-8-18(20)19-9-5-7-11-21(19)22/h1,4-11,14,22H,12-13,15-16H2,2H3,(H,27,34)(H,31,32). The molecule has 0 bridgehead atoms. The Morgan fingerprint density at radius 2 is 1.77 bits per heavy atom. The first-order chi connectivity index (χ1) is 16.9. The Bertz CT molecular complexity index is 1280. The molecule has 1 heterocycles. The van der Waals surface area contributed by atoms with Crippen LogP contribution in [0.2, 0.25) is 0 Å². The number of nitrogens with zero attached hydrogens (tertiary/aromatic N) is 3. The number of carboxylic acids is 1. The zero-order valence-electron chi connectivity index (χ0n) is 19.1. The average molecular weight is 473 g/mol. The minimum absolute atomic E-state index is 0.0252. The van der Waals surface area contributed by atoms with Crippen molar-refractivity contribution in [1.29, 1.82) is 0 Å². The Kier molecular flexibility index (Phi) is 6.83. The maximum absolute atomic E-state index is 12.9. The second-order valence-electron chi connectivity index (χ2n) is 8.08. The van der Waals surface area contributed by atoms with E-state index in [0.29, 0.717) is 5.56 Å². The van der Waals surface area contributed by atoms with Crippen molar-refractivity contribution in [3.8, 4) is 23.5 Å². The number of terminal acetylenes is 1. The summed E-state index contributed by atoms with van der Waals surface area (Å²) in [6.45, 7) is -0.585. The number of hydrogen-bond donors (Lipinski definition) is 2. The highest BCUT2D eigenvalue weighted by Gasteiger charge is 2.29. The fourth-order valence-corrected chi connectivity index (χ4v) is 4.33. The van der Waals surface area contributed by atoms with Crippen LogP contribution in [0.15, 0.2) is 54.7 Å². The van der Waals surface area contributed by atoms with Crippen LogP contribution in [0.4, 0.5) is 4.79 Å². The van der Waals surface area contributed by atoms with E-state index in [-0.39, 0.29) is 31.3 Å². The smallest absolute Gasteiger partial charge is 0.407 e. The van der Waals surface area contributed by atoms with Crippen LogP contribution < -0.4 is 5.32 Å². The number of aryl methyl sites for hydroxylation is 1. The fraction of sp³-hybridized carbons (Fsp3) is 0.231. The summed E-state index contributed by atoms with van der Waals surface area (Å²) in [6.07, 6.45) is 6.08. The van der Waals surface area contributed by atoms with Gasteiger partial charge in [0.1, 0.15) is 18.8 Å². The zero-order valence-corrected chi connectivity index (χ0v) is 19.1. The molecule has 1 aliphatic carbocycles. The van der Waals surface area contributed by atoms with Gasteiger partial charge >= 0.3 is 12.1 Å². The van der Waals surface area contributed by atoms with Crippen LogP contribution in [0.1, 0.15) is 33.1 Å². The number of carbonyl (C=O) groups is 3. The molecule has 0 saturated carbocycles. The van der Waals surface area contributed by atoms with E-state index in [2.05, 4.69) is 28.5 Å². The first kappa shape index (κ1) is 23.6. The summed E-state index contributed by atoms with van der Waals surface area (Å²) in [5.41, 5.74) is 5.03. The molecule has 1 aromatic heterocycles. The Hall–Kier alpha value is -4.58. The lowest BCUT2D eigenvalue weighted by molar-refractivity contribution is -0.137. The molecule has 2 amide bonds. The van der Waals surface area contributed by atoms with Crippen LogP contribution in [0, 0.1) is 12.3 Å². The third-order valence-electron chi connectivity index (χ3n) is 5.88. The van der Waals surface area contributed by atoms with Gasteiger partial charge in [-0.3, -0.25) is 14.3 Å². The van der Waals surface area contributed by atoms with Crippen molar-refractivity contribution in [3.63, 3.8) is 0 Å². The van der Waals surface area contributed by atoms with E-state index in [4.69, 9.17) is 16.3 Å². The predicted octanol–water partition coefficient (Wildman–Crippen LogP) is 2.62. The quantitative estimate of drug-likeness (QED) is 0.487. The van der Waals surface area contributed by atoms with Crippen LogP contribution in [0.5, 0.6) is 0 Å². The topological polar surface area (TPSA) is 114 Å². The third-order valence-corrected chi connectivity index (χ3v) is 5.88.